The SMILES string of the molecule is O=C(NNC(=O)c1ccccc1Nc1ccc(OC(F)F)cc1)c1ccccc1Cl. The fraction of sp³-hybridized carbons (Fsp3) is 0.0476. The van der Waals surface area contributed by atoms with Crippen LogP contribution in [0.2, 0.25) is 5.02 Å². The van der Waals surface area contributed by atoms with Crippen molar-refractivity contribution < 1.29 is 23.1 Å². The van der Waals surface area contributed by atoms with Crippen molar-refractivity contribution in [3.63, 3.8) is 0 Å². The van der Waals surface area contributed by atoms with E-state index in [0.717, 1.165) is 0 Å². The summed E-state index contributed by atoms with van der Waals surface area (Å²) in [5.74, 6) is -1.10. The van der Waals surface area contributed by atoms with Crippen LogP contribution in [0, 0.1) is 0 Å². The third kappa shape index (κ3) is 5.45. The van der Waals surface area contributed by atoms with E-state index < -0.39 is 18.4 Å². The monoisotopic (exact) mass is 431 g/mol. The summed E-state index contributed by atoms with van der Waals surface area (Å²) in [7, 11) is 0. The van der Waals surface area contributed by atoms with E-state index in [2.05, 4.69) is 20.9 Å². The lowest BCUT2D eigenvalue weighted by atomic mass is 10.1. The van der Waals surface area contributed by atoms with Crippen LogP contribution in [0.5, 0.6) is 5.75 Å². The zero-order chi connectivity index (χ0) is 21.5. The molecule has 0 saturated carbocycles. The highest BCUT2D eigenvalue weighted by Crippen LogP contribution is 2.23. The number of hydrazine groups is 1. The quantitative estimate of drug-likeness (QED) is 0.492. The molecule has 0 radical (unpaired) electrons. The molecule has 0 aromatic heterocycles. The number of carbonyl (C=O) groups is 2. The normalized spacial score (nSPS) is 10.4. The van der Waals surface area contributed by atoms with Gasteiger partial charge in [-0.3, -0.25) is 20.4 Å². The van der Waals surface area contributed by atoms with Crippen molar-refractivity contribution in [3.05, 3.63) is 88.9 Å². The van der Waals surface area contributed by atoms with Crippen molar-refractivity contribution in [2.24, 2.45) is 0 Å². The Kier molecular flexibility index (Phi) is 6.82. The number of halogens is 3. The minimum atomic E-state index is -2.91. The Morgan fingerprint density at radius 1 is 0.800 bits per heavy atom. The molecule has 9 heteroatoms. The lowest BCUT2D eigenvalue weighted by Crippen LogP contribution is -2.41. The average Bonchev–Trinajstić information content (AvgIpc) is 2.73. The molecule has 0 atom stereocenters. The van der Waals surface area contributed by atoms with Crippen LogP contribution in [-0.2, 0) is 0 Å². The van der Waals surface area contributed by atoms with Crippen LogP contribution in [0.4, 0.5) is 20.2 Å². The van der Waals surface area contributed by atoms with Gasteiger partial charge in [0.05, 0.1) is 21.8 Å². The molecule has 2 amide bonds. The highest BCUT2D eigenvalue weighted by atomic mass is 35.5. The van der Waals surface area contributed by atoms with E-state index in [4.69, 9.17) is 11.6 Å². The Bertz CT molecular complexity index is 1050. The van der Waals surface area contributed by atoms with Crippen molar-refractivity contribution in [3.8, 4) is 5.75 Å². The first-order chi connectivity index (χ1) is 14.4. The highest BCUT2D eigenvalue weighted by molar-refractivity contribution is 6.33. The molecule has 6 nitrogen and oxygen atoms in total. The molecule has 0 aliphatic heterocycles. The van der Waals surface area contributed by atoms with Gasteiger partial charge in [-0.05, 0) is 48.5 Å². The molecule has 0 aliphatic carbocycles. The molecule has 30 heavy (non-hydrogen) atoms. The van der Waals surface area contributed by atoms with Crippen LogP contribution < -0.4 is 20.9 Å². The molecule has 0 aliphatic rings. The molecule has 0 saturated heterocycles. The summed E-state index contributed by atoms with van der Waals surface area (Å²) < 4.78 is 28.8. The van der Waals surface area contributed by atoms with Crippen LogP contribution in [0.3, 0.4) is 0 Å². The van der Waals surface area contributed by atoms with Gasteiger partial charge in [-0.25, -0.2) is 0 Å². The molecule has 0 heterocycles. The van der Waals surface area contributed by atoms with E-state index in [1.54, 1.807) is 42.5 Å². The third-order valence-corrected chi connectivity index (χ3v) is 4.27. The summed E-state index contributed by atoms with van der Waals surface area (Å²) in [6.07, 6.45) is 0. The lowest BCUT2D eigenvalue weighted by Gasteiger charge is -2.13. The number of hydrogen-bond acceptors (Lipinski definition) is 4. The van der Waals surface area contributed by atoms with Gasteiger partial charge in [-0.1, -0.05) is 35.9 Å². The summed E-state index contributed by atoms with van der Waals surface area (Å²) in [4.78, 5) is 24.7. The molecule has 0 spiro atoms. The van der Waals surface area contributed by atoms with E-state index in [1.807, 2.05) is 0 Å². The fourth-order valence-corrected chi connectivity index (χ4v) is 2.78. The number of ether oxygens (including phenoxy) is 1. The summed E-state index contributed by atoms with van der Waals surface area (Å²) in [6, 6.07) is 18.9. The first-order valence-electron chi connectivity index (χ1n) is 8.70. The molecular formula is C21H16ClF2N3O3. The topological polar surface area (TPSA) is 79.5 Å². The van der Waals surface area contributed by atoms with Crippen LogP contribution in [-0.4, -0.2) is 18.4 Å². The second-order valence-electron chi connectivity index (χ2n) is 5.96. The molecule has 154 valence electrons. The fourth-order valence-electron chi connectivity index (χ4n) is 2.56. The van der Waals surface area contributed by atoms with Crippen LogP contribution >= 0.6 is 11.6 Å². The number of anilines is 2. The van der Waals surface area contributed by atoms with Crippen LogP contribution in [0.25, 0.3) is 0 Å². The molecule has 3 N–H and O–H groups in total. The lowest BCUT2D eigenvalue weighted by molar-refractivity contribution is -0.0498. The summed E-state index contributed by atoms with van der Waals surface area (Å²) >= 11 is 5.97. The van der Waals surface area contributed by atoms with Gasteiger partial charge in [0.15, 0.2) is 0 Å². The maximum atomic E-state index is 12.5. The molecule has 0 fully saturated rings. The third-order valence-electron chi connectivity index (χ3n) is 3.94. The van der Waals surface area contributed by atoms with Gasteiger partial charge < -0.3 is 10.1 Å². The van der Waals surface area contributed by atoms with E-state index >= 15 is 0 Å². The number of alkyl halides is 2. The minimum Gasteiger partial charge on any atom is -0.435 e. The first-order valence-corrected chi connectivity index (χ1v) is 9.08. The summed E-state index contributed by atoms with van der Waals surface area (Å²) in [5, 5.41) is 3.28. The van der Waals surface area contributed by atoms with Gasteiger partial charge >= 0.3 is 6.61 Å². The zero-order valence-corrected chi connectivity index (χ0v) is 16.1. The molecular weight excluding hydrogens is 416 g/mol. The Morgan fingerprint density at radius 2 is 1.37 bits per heavy atom. The van der Waals surface area contributed by atoms with Gasteiger partial charge in [-0.2, -0.15) is 8.78 Å². The van der Waals surface area contributed by atoms with Crippen molar-refractivity contribution in [2.45, 2.75) is 6.61 Å². The molecule has 3 rings (SSSR count). The van der Waals surface area contributed by atoms with Gasteiger partial charge in [0, 0.05) is 5.69 Å². The van der Waals surface area contributed by atoms with Crippen molar-refractivity contribution in [2.75, 3.05) is 5.32 Å². The molecule has 3 aromatic rings. The van der Waals surface area contributed by atoms with Crippen LogP contribution in [0.15, 0.2) is 72.8 Å². The minimum absolute atomic E-state index is 0.0175. The number of amides is 2. The smallest absolute Gasteiger partial charge is 0.387 e. The number of nitrogens with one attached hydrogen (secondary N) is 3. The maximum Gasteiger partial charge on any atom is 0.387 e. The van der Waals surface area contributed by atoms with Crippen molar-refractivity contribution in [1.29, 1.82) is 0 Å². The van der Waals surface area contributed by atoms with Crippen molar-refractivity contribution in [1.82, 2.24) is 10.9 Å². The summed E-state index contributed by atoms with van der Waals surface area (Å²) in [6.45, 7) is -2.91. The predicted molar refractivity (Wildman–Crippen MR) is 109 cm³/mol. The standard InChI is InChI=1S/C21H16ClF2N3O3/c22-17-7-3-1-5-15(17)19(28)26-27-20(29)16-6-2-4-8-18(16)25-13-9-11-14(12-10-13)30-21(23)24/h1-12,21,25H,(H,26,28)(H,27,29). The maximum absolute atomic E-state index is 12.5. The Labute approximate surface area is 175 Å². The van der Waals surface area contributed by atoms with Crippen LogP contribution in [0.1, 0.15) is 20.7 Å². The van der Waals surface area contributed by atoms with E-state index in [-0.39, 0.29) is 21.9 Å². The Balaban J connectivity index is 1.68. The van der Waals surface area contributed by atoms with E-state index in [1.165, 1.54) is 30.3 Å². The van der Waals surface area contributed by atoms with E-state index in [0.29, 0.717) is 11.4 Å². The molecule has 3 aromatic carbocycles. The summed E-state index contributed by atoms with van der Waals surface area (Å²) in [5.41, 5.74) is 6.13. The first kappa shape index (κ1) is 21.1. The van der Waals surface area contributed by atoms with Crippen molar-refractivity contribution >= 4 is 34.8 Å². The average molecular weight is 432 g/mol. The number of rotatable bonds is 6. The zero-order valence-electron chi connectivity index (χ0n) is 15.4. The number of hydrogen-bond donors (Lipinski definition) is 3. The largest absolute Gasteiger partial charge is 0.435 e. The highest BCUT2D eigenvalue weighted by Gasteiger charge is 2.14. The Morgan fingerprint density at radius 3 is 2.00 bits per heavy atom. The van der Waals surface area contributed by atoms with Gasteiger partial charge in [0.1, 0.15) is 5.75 Å². The molecule has 0 unspecified atom stereocenters. The number of benzene rings is 3. The number of para-hydroxylation sites is 1. The van der Waals surface area contributed by atoms with E-state index in [9.17, 15) is 18.4 Å². The second-order valence-corrected chi connectivity index (χ2v) is 6.37. The predicted octanol–water partition coefficient (Wildman–Crippen LogP) is 4.76. The second kappa shape index (κ2) is 9.71. The van der Waals surface area contributed by atoms with Gasteiger partial charge in [-0.15, -0.1) is 0 Å². The van der Waals surface area contributed by atoms with Gasteiger partial charge in [0.2, 0.25) is 0 Å². The Hall–Kier alpha value is -3.65. The van der Waals surface area contributed by atoms with Gasteiger partial charge in [0.25, 0.3) is 11.8 Å². The number of carbonyl (C=O) groups excluding carboxylic acids is 2. The molecule has 0 bridgehead atoms.